The van der Waals surface area contributed by atoms with Crippen molar-refractivity contribution in [3.05, 3.63) is 46.4 Å². The van der Waals surface area contributed by atoms with Crippen LogP contribution in [0.1, 0.15) is 25.5 Å². The van der Waals surface area contributed by atoms with E-state index in [0.717, 1.165) is 36.5 Å². The Morgan fingerprint density at radius 2 is 1.73 bits per heavy atom. The molecule has 2 aromatic rings. The molecule has 0 aliphatic carbocycles. The van der Waals surface area contributed by atoms with E-state index in [4.69, 9.17) is 0 Å². The minimum absolute atomic E-state index is 0. The average Bonchev–Trinajstić information content (AvgIpc) is 2.68. The Morgan fingerprint density at radius 1 is 1.14 bits per heavy atom. The highest BCUT2D eigenvalue weighted by Crippen LogP contribution is 2.22. The predicted octanol–water partition coefficient (Wildman–Crippen LogP) is -0.145. The standard InChI is InChI=1S/C17H26N3O.HI/c1-6-7-13-20(4,5)16-14(2)18(3)19(17(16)21)15-11-9-8-10-12-15;/h8-12H,6-7,13H2,1-5H3;1H/q+1;/p-1. The molecule has 1 heterocycles. The summed E-state index contributed by atoms with van der Waals surface area (Å²) in [5.41, 5.74) is 2.91. The summed E-state index contributed by atoms with van der Waals surface area (Å²) < 4.78 is 4.35. The maximum absolute atomic E-state index is 12.9. The molecule has 0 fully saturated rings. The predicted molar refractivity (Wildman–Crippen MR) is 89.2 cm³/mol. The van der Waals surface area contributed by atoms with E-state index in [9.17, 15) is 4.79 Å². The van der Waals surface area contributed by atoms with Crippen LogP contribution in [0.25, 0.3) is 5.69 Å². The second-order valence-corrected chi connectivity index (χ2v) is 6.17. The number of nitrogens with zero attached hydrogens (tertiary/aromatic N) is 3. The van der Waals surface area contributed by atoms with Gasteiger partial charge in [0.2, 0.25) is 5.69 Å². The maximum Gasteiger partial charge on any atom is 0.333 e. The molecule has 0 atom stereocenters. The lowest BCUT2D eigenvalue weighted by molar-refractivity contribution is -0.00000481. The molecule has 0 saturated heterocycles. The number of aromatic nitrogens is 2. The van der Waals surface area contributed by atoms with Gasteiger partial charge in [-0.25, -0.2) is 4.68 Å². The van der Waals surface area contributed by atoms with Crippen LogP contribution >= 0.6 is 0 Å². The monoisotopic (exact) mass is 415 g/mol. The summed E-state index contributed by atoms with van der Waals surface area (Å²) in [5, 5.41) is 0. The zero-order valence-electron chi connectivity index (χ0n) is 14.1. The molecule has 0 aliphatic heterocycles. The number of hydrogen-bond acceptors (Lipinski definition) is 1. The van der Waals surface area contributed by atoms with Crippen molar-refractivity contribution in [3.8, 4) is 5.69 Å². The smallest absolute Gasteiger partial charge is 0.333 e. The molecule has 0 saturated carbocycles. The van der Waals surface area contributed by atoms with Crippen LogP contribution in [0, 0.1) is 6.92 Å². The third-order valence-corrected chi connectivity index (χ3v) is 4.20. The van der Waals surface area contributed by atoms with Gasteiger partial charge in [0.1, 0.15) is 0 Å². The normalized spacial score (nSPS) is 11.3. The quantitative estimate of drug-likeness (QED) is 0.493. The second-order valence-electron chi connectivity index (χ2n) is 6.17. The minimum atomic E-state index is 0. The molecule has 1 aromatic heterocycles. The van der Waals surface area contributed by atoms with Crippen molar-refractivity contribution in [1.29, 1.82) is 0 Å². The Kier molecular flexibility index (Phi) is 6.43. The molecule has 2 rings (SSSR count). The van der Waals surface area contributed by atoms with Crippen molar-refractivity contribution < 1.29 is 24.0 Å². The van der Waals surface area contributed by atoms with Gasteiger partial charge in [0.15, 0.2) is 0 Å². The SMILES string of the molecule is CCCC[N+](C)(C)c1c(C)n(C)n(-c2ccccc2)c1=O.[I-]. The molecule has 0 N–H and O–H groups in total. The van der Waals surface area contributed by atoms with Crippen molar-refractivity contribution in [1.82, 2.24) is 13.8 Å². The summed E-state index contributed by atoms with van der Waals surface area (Å²) in [4.78, 5) is 12.9. The summed E-state index contributed by atoms with van der Waals surface area (Å²) in [5.74, 6) is 0. The van der Waals surface area contributed by atoms with E-state index in [0.29, 0.717) is 4.48 Å². The number of rotatable bonds is 5. The van der Waals surface area contributed by atoms with Gasteiger partial charge in [0.25, 0.3) is 0 Å². The first-order chi connectivity index (χ1) is 9.90. The molecule has 0 bridgehead atoms. The number of unbranched alkanes of at least 4 members (excludes halogenated alkanes) is 1. The van der Waals surface area contributed by atoms with Crippen LogP contribution in [-0.2, 0) is 7.05 Å². The van der Waals surface area contributed by atoms with Crippen molar-refractivity contribution in [2.45, 2.75) is 26.7 Å². The van der Waals surface area contributed by atoms with Crippen LogP contribution in [-0.4, -0.2) is 30.0 Å². The second kappa shape index (κ2) is 7.46. The molecular formula is C17H26IN3O. The van der Waals surface area contributed by atoms with Gasteiger partial charge >= 0.3 is 5.56 Å². The molecule has 0 amide bonds. The minimum Gasteiger partial charge on any atom is -1.00 e. The Balaban J connectivity index is 0.00000242. The zero-order chi connectivity index (χ0) is 15.6. The van der Waals surface area contributed by atoms with E-state index in [1.165, 1.54) is 0 Å². The molecule has 0 unspecified atom stereocenters. The first-order valence-corrected chi connectivity index (χ1v) is 7.57. The maximum atomic E-state index is 12.9. The first-order valence-electron chi connectivity index (χ1n) is 7.57. The van der Waals surface area contributed by atoms with E-state index in [1.54, 1.807) is 4.68 Å². The van der Waals surface area contributed by atoms with Gasteiger partial charge in [-0.05, 0) is 25.5 Å². The molecule has 0 radical (unpaired) electrons. The third kappa shape index (κ3) is 3.46. The van der Waals surface area contributed by atoms with Gasteiger partial charge in [-0.15, -0.1) is 0 Å². The summed E-state index contributed by atoms with van der Waals surface area (Å²) in [6.07, 6.45) is 2.26. The molecule has 22 heavy (non-hydrogen) atoms. The summed E-state index contributed by atoms with van der Waals surface area (Å²) in [6, 6.07) is 9.82. The molecule has 0 aliphatic rings. The molecule has 1 aromatic carbocycles. The van der Waals surface area contributed by atoms with Crippen molar-refractivity contribution in [3.63, 3.8) is 0 Å². The number of quaternary nitrogens is 1. The summed E-state index contributed by atoms with van der Waals surface area (Å²) in [7, 11) is 6.19. The Labute approximate surface area is 150 Å². The molecular weight excluding hydrogens is 389 g/mol. The van der Waals surface area contributed by atoms with E-state index in [1.807, 2.05) is 49.0 Å². The van der Waals surface area contributed by atoms with E-state index in [-0.39, 0.29) is 29.5 Å². The number of benzene rings is 1. The van der Waals surface area contributed by atoms with E-state index in [2.05, 4.69) is 21.0 Å². The van der Waals surface area contributed by atoms with Crippen LogP contribution in [0.5, 0.6) is 0 Å². The van der Waals surface area contributed by atoms with E-state index >= 15 is 0 Å². The first kappa shape index (κ1) is 19.0. The van der Waals surface area contributed by atoms with Crippen molar-refractivity contribution >= 4 is 5.69 Å². The Bertz CT molecular complexity index is 671. The van der Waals surface area contributed by atoms with Crippen LogP contribution in [0.15, 0.2) is 35.1 Å². The Morgan fingerprint density at radius 3 is 2.27 bits per heavy atom. The molecule has 0 spiro atoms. The summed E-state index contributed by atoms with van der Waals surface area (Å²) >= 11 is 0. The zero-order valence-corrected chi connectivity index (χ0v) is 16.3. The van der Waals surface area contributed by atoms with Crippen LogP contribution < -0.4 is 34.0 Å². The Hall–Kier alpha value is -1.08. The fraction of sp³-hybridized carbons (Fsp3) is 0.471. The van der Waals surface area contributed by atoms with Gasteiger partial charge in [-0.1, -0.05) is 31.5 Å². The highest BCUT2D eigenvalue weighted by molar-refractivity contribution is 5.48. The van der Waals surface area contributed by atoms with Crippen molar-refractivity contribution in [2.24, 2.45) is 7.05 Å². The lowest BCUT2D eigenvalue weighted by Crippen LogP contribution is -3.00. The average molecular weight is 415 g/mol. The van der Waals surface area contributed by atoms with Gasteiger partial charge < -0.3 is 24.0 Å². The van der Waals surface area contributed by atoms with Crippen LogP contribution in [0.4, 0.5) is 5.69 Å². The third-order valence-electron chi connectivity index (χ3n) is 4.20. The number of para-hydroxylation sites is 1. The van der Waals surface area contributed by atoms with E-state index < -0.39 is 0 Å². The number of halogens is 1. The largest absolute Gasteiger partial charge is 1.00 e. The van der Waals surface area contributed by atoms with Gasteiger partial charge in [0, 0.05) is 7.05 Å². The molecule has 4 nitrogen and oxygen atoms in total. The molecule has 5 heteroatoms. The highest BCUT2D eigenvalue weighted by Gasteiger charge is 2.30. The lowest BCUT2D eigenvalue weighted by atomic mass is 10.2. The number of hydrogen-bond donors (Lipinski definition) is 0. The fourth-order valence-electron chi connectivity index (χ4n) is 2.92. The van der Waals surface area contributed by atoms with Gasteiger partial charge in [-0.3, -0.25) is 14.0 Å². The molecule has 122 valence electrons. The highest BCUT2D eigenvalue weighted by atomic mass is 127. The summed E-state index contributed by atoms with van der Waals surface area (Å²) in [6.45, 7) is 5.19. The lowest BCUT2D eigenvalue weighted by Gasteiger charge is -2.27. The van der Waals surface area contributed by atoms with Crippen LogP contribution in [0.3, 0.4) is 0 Å². The fourth-order valence-corrected chi connectivity index (χ4v) is 2.92. The van der Waals surface area contributed by atoms with Crippen molar-refractivity contribution in [2.75, 3.05) is 20.6 Å². The topological polar surface area (TPSA) is 26.9 Å². The van der Waals surface area contributed by atoms with Gasteiger partial charge in [0.05, 0.1) is 32.0 Å². The van der Waals surface area contributed by atoms with Crippen LogP contribution in [0.2, 0.25) is 0 Å². The van der Waals surface area contributed by atoms with Gasteiger partial charge in [-0.2, -0.15) is 0 Å².